The van der Waals surface area contributed by atoms with E-state index in [1.165, 1.54) is 30.1 Å². The van der Waals surface area contributed by atoms with E-state index < -0.39 is 41.8 Å². The molecule has 0 aromatic heterocycles. The molecule has 0 saturated carbocycles. The van der Waals surface area contributed by atoms with Gasteiger partial charge < -0.3 is 44.0 Å². The summed E-state index contributed by atoms with van der Waals surface area (Å²) >= 11 is 0. The highest BCUT2D eigenvalue weighted by atomic mass is 16.5. The Kier molecular flexibility index (Phi) is 17.3. The number of hydrogen-bond donors (Lipinski definition) is 2. The van der Waals surface area contributed by atoms with E-state index in [-0.39, 0.29) is 79.0 Å². The average molecular weight is 1030 g/mol. The number of ether oxygens (including phenoxy) is 6. The lowest BCUT2D eigenvalue weighted by Crippen LogP contribution is -2.45. The molecule has 2 N–H and O–H groups in total. The predicted molar refractivity (Wildman–Crippen MR) is 288 cm³/mol. The zero-order valence-corrected chi connectivity index (χ0v) is 42.2. The molecule has 1 aliphatic heterocycles. The van der Waals surface area contributed by atoms with Crippen LogP contribution in [0.1, 0.15) is 74.8 Å². The normalized spacial score (nSPS) is 13.6. The smallest absolute Gasteiger partial charge is 0.339 e. The number of carbonyl (C=O) groups excluding carboxylic acids is 5. The number of urea groups is 1. The Balaban J connectivity index is 1.07. The summed E-state index contributed by atoms with van der Waals surface area (Å²) in [6, 6.07) is 59.6. The first kappa shape index (κ1) is 52.2. The van der Waals surface area contributed by atoms with Gasteiger partial charge in [0.15, 0.2) is 0 Å². The van der Waals surface area contributed by atoms with Crippen LogP contribution < -0.4 is 29.6 Å². The van der Waals surface area contributed by atoms with E-state index >= 15 is 4.79 Å². The molecule has 0 spiro atoms. The molecule has 8 aromatic rings. The van der Waals surface area contributed by atoms with E-state index in [0.29, 0.717) is 17.9 Å². The molecule has 0 unspecified atom stereocenters. The van der Waals surface area contributed by atoms with Crippen LogP contribution in [0.3, 0.4) is 0 Å². The topological polar surface area (TPSA) is 168 Å². The molecule has 77 heavy (non-hydrogen) atoms. The van der Waals surface area contributed by atoms with Gasteiger partial charge in [-0.1, -0.05) is 158 Å². The minimum Gasteiger partial charge on any atom is -0.489 e. The van der Waals surface area contributed by atoms with Gasteiger partial charge in [-0.3, -0.25) is 9.59 Å². The molecule has 3 amide bonds. The highest BCUT2D eigenvalue weighted by Crippen LogP contribution is 2.38. The van der Waals surface area contributed by atoms with Gasteiger partial charge in [-0.05, 0) is 76.3 Å². The molecule has 0 aliphatic carbocycles. The number of ketones is 1. The summed E-state index contributed by atoms with van der Waals surface area (Å²) in [4.78, 5) is 73.0. The number of nitrogens with one attached hydrogen (secondary N) is 2. The van der Waals surface area contributed by atoms with Gasteiger partial charge in [-0.15, -0.1) is 0 Å². The van der Waals surface area contributed by atoms with Crippen LogP contribution in [0.2, 0.25) is 0 Å². The first-order valence-electron chi connectivity index (χ1n) is 25.0. The maximum atomic E-state index is 15.7. The quantitative estimate of drug-likeness (QED) is 0.0519. The van der Waals surface area contributed by atoms with Gasteiger partial charge in [0.25, 0.3) is 5.91 Å². The third-order valence-corrected chi connectivity index (χ3v) is 12.6. The first-order chi connectivity index (χ1) is 37.7. The number of nitrogens with zero attached hydrogens (tertiary/aromatic N) is 1. The average Bonchev–Trinajstić information content (AvgIpc) is 3.90. The van der Waals surface area contributed by atoms with Gasteiger partial charge in [-0.25, -0.2) is 14.4 Å². The van der Waals surface area contributed by atoms with E-state index in [1.54, 1.807) is 36.4 Å². The molecule has 8 aromatic carbocycles. The van der Waals surface area contributed by atoms with Crippen LogP contribution in [0.5, 0.6) is 23.0 Å². The number of benzene rings is 8. The third-order valence-electron chi connectivity index (χ3n) is 12.6. The molecule has 1 fully saturated rings. The van der Waals surface area contributed by atoms with E-state index in [4.69, 9.17) is 28.4 Å². The van der Waals surface area contributed by atoms with Crippen molar-refractivity contribution >= 4 is 29.7 Å². The SMILES string of the molecule is CNC(=O)N1C[C@@H](NC(=O)c2ccc(OCc3ccccc3)cc2)[C@H](OC(=O)c2cc(OCc3ccccc3)c(C(=O)c3c(OCc4ccccc4)cccc3C(=O)OCc3ccccc3)c(OCc3ccccc3)c2)C1. The van der Waals surface area contributed by atoms with Crippen molar-refractivity contribution in [2.45, 2.75) is 45.2 Å². The highest BCUT2D eigenvalue weighted by molar-refractivity contribution is 6.19. The Labute approximate surface area is 446 Å². The molecule has 14 nitrogen and oxygen atoms in total. The number of rotatable bonds is 21. The van der Waals surface area contributed by atoms with Crippen molar-refractivity contribution in [1.82, 2.24) is 15.5 Å². The number of likely N-dealkylation sites (tertiary alicyclic amines) is 1. The van der Waals surface area contributed by atoms with Crippen LogP contribution in [0, 0.1) is 0 Å². The van der Waals surface area contributed by atoms with E-state index in [1.807, 2.05) is 152 Å². The van der Waals surface area contributed by atoms with E-state index in [2.05, 4.69) is 10.6 Å². The fraction of sp³-hybridized carbons (Fsp3) is 0.159. The maximum absolute atomic E-state index is 15.7. The monoisotopic (exact) mass is 1030 g/mol. The number of amides is 3. The second-order valence-corrected chi connectivity index (χ2v) is 18.0. The first-order valence-corrected chi connectivity index (χ1v) is 25.0. The van der Waals surface area contributed by atoms with Crippen LogP contribution in [0.25, 0.3) is 0 Å². The van der Waals surface area contributed by atoms with Crippen molar-refractivity contribution in [3.63, 3.8) is 0 Å². The Bertz CT molecular complexity index is 3230. The minimum absolute atomic E-state index is 0.0216. The fourth-order valence-electron chi connectivity index (χ4n) is 8.60. The molecule has 0 radical (unpaired) electrons. The highest BCUT2D eigenvalue weighted by Gasteiger charge is 2.40. The summed E-state index contributed by atoms with van der Waals surface area (Å²) in [6.07, 6.45) is -1.03. The van der Waals surface area contributed by atoms with Crippen molar-refractivity contribution in [2.24, 2.45) is 0 Å². The molecule has 388 valence electrons. The lowest BCUT2D eigenvalue weighted by molar-refractivity contribution is 0.0270. The van der Waals surface area contributed by atoms with Crippen molar-refractivity contribution in [2.75, 3.05) is 20.1 Å². The summed E-state index contributed by atoms with van der Waals surface area (Å²) in [5.41, 5.74) is 3.96. The van der Waals surface area contributed by atoms with Crippen LogP contribution >= 0.6 is 0 Å². The second kappa shape index (κ2) is 25.5. The molecular weight excluding hydrogens is 975 g/mol. The molecule has 2 atom stereocenters. The predicted octanol–water partition coefficient (Wildman–Crippen LogP) is 10.6. The fourth-order valence-corrected chi connectivity index (χ4v) is 8.60. The van der Waals surface area contributed by atoms with Gasteiger partial charge >= 0.3 is 18.0 Å². The summed E-state index contributed by atoms with van der Waals surface area (Å²) in [5, 5.41) is 5.58. The van der Waals surface area contributed by atoms with Crippen LogP contribution in [-0.2, 0) is 42.5 Å². The number of esters is 2. The van der Waals surface area contributed by atoms with E-state index in [9.17, 15) is 19.2 Å². The second-order valence-electron chi connectivity index (χ2n) is 18.0. The molecule has 1 aliphatic rings. The van der Waals surface area contributed by atoms with Crippen LogP contribution in [-0.4, -0.2) is 66.8 Å². The summed E-state index contributed by atoms with van der Waals surface area (Å²) in [5.74, 6) is -2.32. The van der Waals surface area contributed by atoms with Crippen molar-refractivity contribution < 1.29 is 52.4 Å². The Morgan fingerprint density at radius 3 is 1.43 bits per heavy atom. The molecule has 1 heterocycles. The Hall–Kier alpha value is -9.69. The molecule has 14 heteroatoms. The summed E-state index contributed by atoms with van der Waals surface area (Å²) in [7, 11) is 1.48. The van der Waals surface area contributed by atoms with Crippen LogP contribution in [0.4, 0.5) is 4.79 Å². The van der Waals surface area contributed by atoms with Crippen molar-refractivity contribution in [1.29, 1.82) is 0 Å². The Morgan fingerprint density at radius 1 is 0.468 bits per heavy atom. The molecule has 9 rings (SSSR count). The Morgan fingerprint density at radius 2 is 0.935 bits per heavy atom. The molecule has 0 bridgehead atoms. The molecule has 1 saturated heterocycles. The standard InChI is InChI=1S/C63H55N3O11/c1-64-63(71)66-36-52(65-60(68)48-30-32-50(33-31-48)72-38-43-18-7-2-8-19-43)56(37-66)77-61(69)49-34-54(74-40-45-22-11-4-12-23-45)58(55(35-49)75-41-46-24-13-5-14-25-46)59(67)57-51(62(70)76-42-47-26-15-6-16-27-47)28-17-29-53(57)73-39-44-20-9-3-10-21-44/h2-35,52,56H,36-42H2,1H3,(H,64,71)(H,65,68)/t52-,56-/m1/s1. The van der Waals surface area contributed by atoms with E-state index in [0.717, 1.165) is 27.8 Å². The summed E-state index contributed by atoms with van der Waals surface area (Å²) < 4.78 is 37.4. The van der Waals surface area contributed by atoms with Gasteiger partial charge in [0, 0.05) is 19.2 Å². The van der Waals surface area contributed by atoms with Crippen molar-refractivity contribution in [3.8, 4) is 23.0 Å². The summed E-state index contributed by atoms with van der Waals surface area (Å²) in [6.45, 7) is 0.203. The molecular formula is C63H55N3O11. The van der Waals surface area contributed by atoms with Gasteiger partial charge in [-0.2, -0.15) is 0 Å². The minimum atomic E-state index is -1.03. The third kappa shape index (κ3) is 13.7. The number of hydrogen-bond acceptors (Lipinski definition) is 11. The van der Waals surface area contributed by atoms with Crippen molar-refractivity contribution in [3.05, 3.63) is 262 Å². The lowest BCUT2D eigenvalue weighted by Gasteiger charge is -2.22. The van der Waals surface area contributed by atoms with Gasteiger partial charge in [0.05, 0.1) is 29.3 Å². The maximum Gasteiger partial charge on any atom is 0.339 e. The van der Waals surface area contributed by atoms with Crippen LogP contribution in [0.15, 0.2) is 206 Å². The zero-order chi connectivity index (χ0) is 53.3. The largest absolute Gasteiger partial charge is 0.489 e. The number of carbonyl (C=O) groups is 5. The zero-order valence-electron chi connectivity index (χ0n) is 42.2. The van der Waals surface area contributed by atoms with Gasteiger partial charge in [0.1, 0.15) is 67.7 Å². The lowest BCUT2D eigenvalue weighted by atomic mass is 9.94. The van der Waals surface area contributed by atoms with Gasteiger partial charge in [0.2, 0.25) is 5.78 Å².